The Balaban J connectivity index is 2.11. The molecule has 0 atom stereocenters. The van der Waals surface area contributed by atoms with E-state index in [0.29, 0.717) is 22.7 Å². The average Bonchev–Trinajstić information content (AvgIpc) is 2.44. The molecule has 0 aliphatic heterocycles. The highest BCUT2D eigenvalue weighted by atomic mass is 19.1. The normalized spacial score (nSPS) is 9.85. The predicted molar refractivity (Wildman–Crippen MR) is 72.9 cm³/mol. The molecule has 0 bridgehead atoms. The zero-order valence-electron chi connectivity index (χ0n) is 10.9. The monoisotopic (exact) mass is 272 g/mol. The third kappa shape index (κ3) is 3.18. The molecule has 2 aromatic rings. The lowest BCUT2D eigenvalue weighted by Gasteiger charge is -2.09. The molecule has 20 heavy (non-hydrogen) atoms. The predicted octanol–water partition coefficient (Wildman–Crippen LogP) is 2.87. The summed E-state index contributed by atoms with van der Waals surface area (Å²) in [6.07, 6.45) is 0. The molecule has 0 amide bonds. The Hall–Kier alpha value is -2.74. The Kier molecular flexibility index (Phi) is 4.06. The van der Waals surface area contributed by atoms with Gasteiger partial charge < -0.3 is 15.2 Å². The first-order chi connectivity index (χ1) is 9.62. The van der Waals surface area contributed by atoms with Crippen LogP contribution in [0.15, 0.2) is 36.4 Å². The summed E-state index contributed by atoms with van der Waals surface area (Å²) in [5.41, 5.74) is 7.06. The first kappa shape index (κ1) is 13.7. The molecule has 102 valence electrons. The van der Waals surface area contributed by atoms with Crippen molar-refractivity contribution in [2.75, 3.05) is 12.8 Å². The third-order valence-corrected chi connectivity index (χ3v) is 2.69. The van der Waals surface area contributed by atoms with Crippen LogP contribution in [0.25, 0.3) is 0 Å². The maximum absolute atomic E-state index is 13.3. The lowest BCUT2D eigenvalue weighted by Crippen LogP contribution is -1.98. The van der Waals surface area contributed by atoms with E-state index in [-0.39, 0.29) is 12.2 Å². The summed E-state index contributed by atoms with van der Waals surface area (Å²) in [5, 5.41) is 8.78. The van der Waals surface area contributed by atoms with Gasteiger partial charge in [-0.25, -0.2) is 4.39 Å². The summed E-state index contributed by atoms with van der Waals surface area (Å²) in [4.78, 5) is 0. The number of nitriles is 1. The van der Waals surface area contributed by atoms with Gasteiger partial charge >= 0.3 is 0 Å². The molecule has 4 nitrogen and oxygen atoms in total. The van der Waals surface area contributed by atoms with Gasteiger partial charge in [0.05, 0.1) is 24.4 Å². The second-order valence-electron chi connectivity index (χ2n) is 4.15. The summed E-state index contributed by atoms with van der Waals surface area (Å²) in [6, 6.07) is 11.0. The van der Waals surface area contributed by atoms with Crippen molar-refractivity contribution < 1.29 is 13.9 Å². The highest BCUT2D eigenvalue weighted by Crippen LogP contribution is 2.26. The van der Waals surface area contributed by atoms with Crippen molar-refractivity contribution in [1.29, 1.82) is 5.26 Å². The standard InChI is InChI=1S/C15H13FN2O2/c1-19-15-3-2-13(7-14(15)18)20-9-11-4-10(8-17)5-12(16)6-11/h2-7H,9,18H2,1H3. The lowest BCUT2D eigenvalue weighted by atomic mass is 10.1. The van der Waals surface area contributed by atoms with Gasteiger partial charge in [0.1, 0.15) is 23.9 Å². The second-order valence-corrected chi connectivity index (χ2v) is 4.15. The highest BCUT2D eigenvalue weighted by Gasteiger charge is 2.04. The number of benzene rings is 2. The second kappa shape index (κ2) is 5.93. The topological polar surface area (TPSA) is 68.3 Å². The summed E-state index contributed by atoms with van der Waals surface area (Å²) in [6.45, 7) is 0.151. The number of rotatable bonds is 4. The van der Waals surface area contributed by atoms with Crippen molar-refractivity contribution in [3.8, 4) is 17.6 Å². The number of ether oxygens (including phenoxy) is 2. The van der Waals surface area contributed by atoms with E-state index in [0.717, 1.165) is 0 Å². The van der Waals surface area contributed by atoms with Gasteiger partial charge in [-0.1, -0.05) is 0 Å². The first-order valence-corrected chi connectivity index (χ1v) is 5.88. The lowest BCUT2D eigenvalue weighted by molar-refractivity contribution is 0.305. The molecule has 0 spiro atoms. The fraction of sp³-hybridized carbons (Fsp3) is 0.133. The molecule has 0 aliphatic rings. The van der Waals surface area contributed by atoms with Crippen LogP contribution < -0.4 is 15.2 Å². The Bertz CT molecular complexity index is 665. The number of methoxy groups -OCH3 is 1. The molecule has 0 saturated carbocycles. The summed E-state index contributed by atoms with van der Waals surface area (Å²) >= 11 is 0. The number of nitrogen functional groups attached to an aromatic ring is 1. The molecular formula is C15H13FN2O2. The van der Waals surface area contributed by atoms with E-state index < -0.39 is 5.82 Å². The molecule has 2 aromatic carbocycles. The Morgan fingerprint density at radius 2 is 2.05 bits per heavy atom. The van der Waals surface area contributed by atoms with Gasteiger partial charge in [-0.15, -0.1) is 0 Å². The molecule has 5 heteroatoms. The third-order valence-electron chi connectivity index (χ3n) is 2.69. The Morgan fingerprint density at radius 3 is 2.70 bits per heavy atom. The number of hydrogen-bond donors (Lipinski definition) is 1. The van der Waals surface area contributed by atoms with E-state index in [1.807, 2.05) is 6.07 Å². The zero-order valence-corrected chi connectivity index (χ0v) is 10.9. The SMILES string of the molecule is COc1ccc(OCc2cc(F)cc(C#N)c2)cc1N. The fourth-order valence-corrected chi connectivity index (χ4v) is 1.77. The largest absolute Gasteiger partial charge is 0.495 e. The number of hydrogen-bond acceptors (Lipinski definition) is 4. The average molecular weight is 272 g/mol. The quantitative estimate of drug-likeness (QED) is 0.869. The Labute approximate surface area is 116 Å². The van der Waals surface area contributed by atoms with Crippen molar-refractivity contribution in [2.24, 2.45) is 0 Å². The van der Waals surface area contributed by atoms with Crippen molar-refractivity contribution in [3.05, 3.63) is 53.3 Å². The maximum atomic E-state index is 13.3. The van der Waals surface area contributed by atoms with Gasteiger partial charge in [0.2, 0.25) is 0 Å². The van der Waals surface area contributed by atoms with Gasteiger partial charge in [0.15, 0.2) is 0 Å². The van der Waals surface area contributed by atoms with Crippen LogP contribution in [0.5, 0.6) is 11.5 Å². The fourth-order valence-electron chi connectivity index (χ4n) is 1.77. The van der Waals surface area contributed by atoms with Crippen LogP contribution in [0.1, 0.15) is 11.1 Å². The van der Waals surface area contributed by atoms with E-state index in [4.69, 9.17) is 20.5 Å². The van der Waals surface area contributed by atoms with Crippen LogP contribution in [-0.2, 0) is 6.61 Å². The number of anilines is 1. The van der Waals surface area contributed by atoms with Crippen molar-refractivity contribution in [1.82, 2.24) is 0 Å². The van der Waals surface area contributed by atoms with Crippen LogP contribution in [0, 0.1) is 17.1 Å². The van der Waals surface area contributed by atoms with Gasteiger partial charge in [-0.05, 0) is 35.9 Å². The van der Waals surface area contributed by atoms with Crippen LogP contribution in [0.4, 0.5) is 10.1 Å². The molecule has 0 fully saturated rings. The minimum absolute atomic E-state index is 0.151. The first-order valence-electron chi connectivity index (χ1n) is 5.88. The molecular weight excluding hydrogens is 259 g/mol. The molecule has 2 rings (SSSR count). The number of nitrogens with two attached hydrogens (primary N) is 1. The smallest absolute Gasteiger partial charge is 0.142 e. The van der Waals surface area contributed by atoms with Gasteiger partial charge in [0.25, 0.3) is 0 Å². The number of nitrogens with zero attached hydrogens (tertiary/aromatic N) is 1. The van der Waals surface area contributed by atoms with E-state index >= 15 is 0 Å². The summed E-state index contributed by atoms with van der Waals surface area (Å²) < 4.78 is 23.8. The van der Waals surface area contributed by atoms with Crippen LogP contribution in [-0.4, -0.2) is 7.11 Å². The van der Waals surface area contributed by atoms with Crippen molar-refractivity contribution in [2.45, 2.75) is 6.61 Å². The van der Waals surface area contributed by atoms with Crippen LogP contribution >= 0.6 is 0 Å². The molecule has 0 unspecified atom stereocenters. The summed E-state index contributed by atoms with van der Waals surface area (Å²) in [7, 11) is 1.53. The van der Waals surface area contributed by atoms with Crippen LogP contribution in [0.3, 0.4) is 0 Å². The molecule has 2 N–H and O–H groups in total. The maximum Gasteiger partial charge on any atom is 0.142 e. The Morgan fingerprint density at radius 1 is 1.25 bits per heavy atom. The van der Waals surface area contributed by atoms with E-state index in [1.54, 1.807) is 24.3 Å². The van der Waals surface area contributed by atoms with Crippen LogP contribution in [0.2, 0.25) is 0 Å². The molecule has 0 saturated heterocycles. The highest BCUT2D eigenvalue weighted by molar-refractivity contribution is 5.56. The number of halogens is 1. The van der Waals surface area contributed by atoms with Gasteiger partial charge in [0, 0.05) is 6.07 Å². The van der Waals surface area contributed by atoms with Crippen molar-refractivity contribution >= 4 is 5.69 Å². The van der Waals surface area contributed by atoms with Gasteiger partial charge in [-0.3, -0.25) is 0 Å². The summed E-state index contributed by atoms with van der Waals surface area (Å²) in [5.74, 6) is 0.651. The minimum atomic E-state index is -0.461. The van der Waals surface area contributed by atoms with E-state index in [9.17, 15) is 4.39 Å². The minimum Gasteiger partial charge on any atom is -0.495 e. The van der Waals surface area contributed by atoms with Gasteiger partial charge in [-0.2, -0.15) is 5.26 Å². The van der Waals surface area contributed by atoms with Crippen molar-refractivity contribution in [3.63, 3.8) is 0 Å². The molecule has 0 radical (unpaired) electrons. The molecule has 0 heterocycles. The zero-order chi connectivity index (χ0) is 14.5. The molecule has 0 aromatic heterocycles. The van der Waals surface area contributed by atoms with E-state index in [2.05, 4.69) is 0 Å². The van der Waals surface area contributed by atoms with E-state index in [1.165, 1.54) is 19.2 Å². The molecule has 0 aliphatic carbocycles.